The van der Waals surface area contributed by atoms with Crippen molar-refractivity contribution in [1.29, 1.82) is 0 Å². The molecule has 0 aliphatic carbocycles. The van der Waals surface area contributed by atoms with Gasteiger partial charge in [0, 0.05) is 17.7 Å². The fraction of sp³-hybridized carbons (Fsp3) is 0.300. The van der Waals surface area contributed by atoms with Crippen LogP contribution in [0, 0.1) is 0 Å². The molecule has 1 heterocycles. The number of amides is 1. The van der Waals surface area contributed by atoms with Crippen LogP contribution < -0.4 is 9.47 Å². The average molecular weight is 354 g/mol. The molecule has 0 saturated heterocycles. The fourth-order valence-electron chi connectivity index (χ4n) is 3.15. The van der Waals surface area contributed by atoms with Crippen LogP contribution in [0.5, 0.6) is 11.5 Å². The number of ether oxygens (including phenoxy) is 2. The first-order valence-corrected chi connectivity index (χ1v) is 8.34. The van der Waals surface area contributed by atoms with Crippen LogP contribution in [0.25, 0.3) is 0 Å². The number of hydrogen-bond acceptors (Lipinski definition) is 5. The maximum atomic E-state index is 12.9. The van der Waals surface area contributed by atoms with Gasteiger partial charge in [0.05, 0.1) is 20.6 Å². The molecule has 3 rings (SSSR count). The van der Waals surface area contributed by atoms with Gasteiger partial charge in [-0.3, -0.25) is 4.79 Å². The van der Waals surface area contributed by atoms with Crippen LogP contribution in [-0.4, -0.2) is 36.0 Å². The van der Waals surface area contributed by atoms with Crippen molar-refractivity contribution in [2.75, 3.05) is 14.2 Å². The maximum absolute atomic E-state index is 12.9. The van der Waals surface area contributed by atoms with E-state index in [0.717, 1.165) is 5.56 Å². The topological polar surface area (TPSA) is 71.4 Å². The van der Waals surface area contributed by atoms with E-state index in [2.05, 4.69) is 5.10 Å². The molecule has 0 aromatic heterocycles. The van der Waals surface area contributed by atoms with E-state index in [1.165, 1.54) is 5.01 Å². The highest BCUT2D eigenvalue weighted by molar-refractivity contribution is 5.89. The third-order valence-electron chi connectivity index (χ3n) is 4.40. The van der Waals surface area contributed by atoms with Gasteiger partial charge in [-0.2, -0.15) is 10.1 Å². The molecule has 2 aromatic rings. The number of hydrogen-bond donors (Lipinski definition) is 1. The summed E-state index contributed by atoms with van der Waals surface area (Å²) in [6, 6.07) is 14.4. The second-order valence-electron chi connectivity index (χ2n) is 6.27. The lowest BCUT2D eigenvalue weighted by atomic mass is 9.97. The molecule has 2 aromatic carbocycles. The fourth-order valence-corrected chi connectivity index (χ4v) is 3.15. The predicted molar refractivity (Wildman–Crippen MR) is 98.2 cm³/mol. The van der Waals surface area contributed by atoms with Gasteiger partial charge in [0.1, 0.15) is 0 Å². The predicted octanol–water partition coefficient (Wildman–Crippen LogP) is 2.70. The summed E-state index contributed by atoms with van der Waals surface area (Å²) >= 11 is 0. The molecular weight excluding hydrogens is 332 g/mol. The normalized spacial score (nSPS) is 19.2. The van der Waals surface area contributed by atoms with E-state index in [1.807, 2.05) is 18.2 Å². The SMILES string of the molecule is COc1ccc(CC(=O)N2N=C(C)CC2(O)c2ccccc2)cc1OC. The quantitative estimate of drug-likeness (QED) is 0.896. The molecule has 1 N–H and O–H groups in total. The van der Waals surface area contributed by atoms with Crippen molar-refractivity contribution >= 4 is 11.6 Å². The van der Waals surface area contributed by atoms with Crippen LogP contribution >= 0.6 is 0 Å². The zero-order valence-electron chi connectivity index (χ0n) is 15.1. The number of nitrogens with zero attached hydrogens (tertiary/aromatic N) is 2. The summed E-state index contributed by atoms with van der Waals surface area (Å²) in [5.74, 6) is 0.858. The summed E-state index contributed by atoms with van der Waals surface area (Å²) in [5.41, 5.74) is 0.639. The molecule has 0 radical (unpaired) electrons. The summed E-state index contributed by atoms with van der Waals surface area (Å²) in [5, 5.41) is 16.6. The second kappa shape index (κ2) is 7.17. The third kappa shape index (κ3) is 3.28. The molecular formula is C20H22N2O4. The molecule has 26 heavy (non-hydrogen) atoms. The van der Waals surface area contributed by atoms with Crippen LogP contribution in [0.2, 0.25) is 0 Å². The molecule has 1 amide bonds. The Morgan fingerprint density at radius 3 is 2.50 bits per heavy atom. The first-order chi connectivity index (χ1) is 12.5. The summed E-state index contributed by atoms with van der Waals surface area (Å²) in [6.45, 7) is 1.80. The van der Waals surface area contributed by atoms with E-state index in [9.17, 15) is 9.90 Å². The Morgan fingerprint density at radius 2 is 1.85 bits per heavy atom. The van der Waals surface area contributed by atoms with Crippen LogP contribution in [0.3, 0.4) is 0 Å². The van der Waals surface area contributed by atoms with E-state index in [4.69, 9.17) is 9.47 Å². The number of carbonyl (C=O) groups excluding carboxylic acids is 1. The van der Waals surface area contributed by atoms with E-state index in [1.54, 1.807) is 51.5 Å². The van der Waals surface area contributed by atoms with Gasteiger partial charge in [0.15, 0.2) is 17.2 Å². The molecule has 0 spiro atoms. The summed E-state index contributed by atoms with van der Waals surface area (Å²) in [7, 11) is 3.11. The minimum atomic E-state index is -1.46. The first-order valence-electron chi connectivity index (χ1n) is 8.34. The van der Waals surface area contributed by atoms with Crippen molar-refractivity contribution in [2.24, 2.45) is 5.10 Å². The molecule has 1 aliphatic heterocycles. The van der Waals surface area contributed by atoms with Gasteiger partial charge in [0.2, 0.25) is 5.91 Å². The molecule has 1 atom stereocenters. The van der Waals surface area contributed by atoms with Crippen molar-refractivity contribution in [1.82, 2.24) is 5.01 Å². The largest absolute Gasteiger partial charge is 0.493 e. The van der Waals surface area contributed by atoms with Crippen molar-refractivity contribution in [3.05, 3.63) is 59.7 Å². The number of rotatable bonds is 5. The van der Waals surface area contributed by atoms with E-state index in [0.29, 0.717) is 22.8 Å². The number of aliphatic hydroxyl groups is 1. The van der Waals surface area contributed by atoms with Gasteiger partial charge in [-0.1, -0.05) is 36.4 Å². The lowest BCUT2D eigenvalue weighted by molar-refractivity contribution is -0.157. The second-order valence-corrected chi connectivity index (χ2v) is 6.27. The third-order valence-corrected chi connectivity index (χ3v) is 4.40. The zero-order valence-corrected chi connectivity index (χ0v) is 15.1. The van der Waals surface area contributed by atoms with Crippen LogP contribution in [0.1, 0.15) is 24.5 Å². The van der Waals surface area contributed by atoms with Gasteiger partial charge >= 0.3 is 0 Å². The molecule has 0 fully saturated rings. The lowest BCUT2D eigenvalue weighted by Gasteiger charge is -2.31. The minimum absolute atomic E-state index is 0.0896. The number of methoxy groups -OCH3 is 2. The van der Waals surface area contributed by atoms with E-state index in [-0.39, 0.29) is 18.7 Å². The Kier molecular flexibility index (Phi) is 4.95. The zero-order chi connectivity index (χ0) is 18.7. The van der Waals surface area contributed by atoms with Crippen LogP contribution in [0.4, 0.5) is 0 Å². The summed E-state index contributed by atoms with van der Waals surface area (Å²) in [4.78, 5) is 12.9. The Morgan fingerprint density at radius 1 is 1.15 bits per heavy atom. The smallest absolute Gasteiger partial charge is 0.250 e. The monoisotopic (exact) mass is 354 g/mol. The highest BCUT2D eigenvalue weighted by Gasteiger charge is 2.44. The van der Waals surface area contributed by atoms with Gasteiger partial charge in [-0.05, 0) is 24.6 Å². The van der Waals surface area contributed by atoms with Crippen molar-refractivity contribution < 1.29 is 19.4 Å². The van der Waals surface area contributed by atoms with Gasteiger partial charge in [-0.25, -0.2) is 0 Å². The van der Waals surface area contributed by atoms with Gasteiger partial charge in [-0.15, -0.1) is 0 Å². The molecule has 6 nitrogen and oxygen atoms in total. The minimum Gasteiger partial charge on any atom is -0.493 e. The molecule has 136 valence electrons. The maximum Gasteiger partial charge on any atom is 0.250 e. The van der Waals surface area contributed by atoms with E-state index < -0.39 is 5.72 Å². The molecule has 6 heteroatoms. The first kappa shape index (κ1) is 17.9. The Hall–Kier alpha value is -2.86. The highest BCUT2D eigenvalue weighted by Crippen LogP contribution is 2.36. The standard InChI is InChI=1S/C20H22N2O4/c1-14-13-20(24,16-7-5-4-6-8-16)22(21-14)19(23)12-15-9-10-17(25-2)18(11-15)26-3/h4-11,24H,12-13H2,1-3H3. The Bertz CT molecular complexity index is 835. The number of carbonyl (C=O) groups is 1. The molecule has 1 unspecified atom stereocenters. The van der Waals surface area contributed by atoms with Crippen molar-refractivity contribution in [3.63, 3.8) is 0 Å². The van der Waals surface area contributed by atoms with Gasteiger partial charge in [0.25, 0.3) is 0 Å². The average Bonchev–Trinajstić information content (AvgIpc) is 2.98. The Labute approximate surface area is 152 Å². The number of benzene rings is 2. The van der Waals surface area contributed by atoms with Crippen molar-refractivity contribution in [2.45, 2.75) is 25.5 Å². The summed E-state index contributed by atoms with van der Waals surface area (Å²) < 4.78 is 10.5. The Balaban J connectivity index is 1.86. The van der Waals surface area contributed by atoms with E-state index >= 15 is 0 Å². The molecule has 0 saturated carbocycles. The van der Waals surface area contributed by atoms with Crippen LogP contribution in [0.15, 0.2) is 53.6 Å². The highest BCUT2D eigenvalue weighted by atomic mass is 16.5. The van der Waals surface area contributed by atoms with Crippen molar-refractivity contribution in [3.8, 4) is 11.5 Å². The van der Waals surface area contributed by atoms with Crippen LogP contribution in [-0.2, 0) is 16.9 Å². The lowest BCUT2D eigenvalue weighted by Crippen LogP contribution is -2.44. The summed E-state index contributed by atoms with van der Waals surface area (Å²) in [6.07, 6.45) is 0.376. The molecule has 0 bridgehead atoms. The molecule has 1 aliphatic rings. The number of hydrazone groups is 1. The van der Waals surface area contributed by atoms with Gasteiger partial charge < -0.3 is 14.6 Å².